The third kappa shape index (κ3) is 3.99. The Kier molecular flexibility index (Phi) is 4.60. The van der Waals surface area contributed by atoms with E-state index < -0.39 is 24.7 Å². The third-order valence-electron chi connectivity index (χ3n) is 3.70. The number of halogens is 3. The normalized spacial score (nSPS) is 21.0. The van der Waals surface area contributed by atoms with Crippen LogP contribution in [-0.2, 0) is 9.53 Å². The summed E-state index contributed by atoms with van der Waals surface area (Å²) in [5.74, 6) is -0.680. The van der Waals surface area contributed by atoms with E-state index in [-0.39, 0.29) is 19.3 Å². The Bertz CT molecular complexity index is 410. The molecular formula is C12H18F3N3O3. The molecule has 0 aromatic heterocycles. The maximum Gasteiger partial charge on any atom is 0.406 e. The fraction of sp³-hybridized carbons (Fsp3) is 0.833. The quantitative estimate of drug-likeness (QED) is 0.761. The van der Waals surface area contributed by atoms with Gasteiger partial charge in [0.15, 0.2) is 0 Å². The number of amides is 3. The van der Waals surface area contributed by atoms with Crippen molar-refractivity contribution in [2.45, 2.75) is 25.1 Å². The number of alkyl halides is 3. The summed E-state index contributed by atoms with van der Waals surface area (Å²) in [6, 6.07) is -0.419. The highest BCUT2D eigenvalue weighted by molar-refractivity contribution is 5.87. The second kappa shape index (κ2) is 6.08. The Balaban J connectivity index is 1.93. The maximum absolute atomic E-state index is 12.3. The van der Waals surface area contributed by atoms with Crippen molar-refractivity contribution in [3.8, 4) is 0 Å². The molecule has 2 rings (SSSR count). The fourth-order valence-electron chi connectivity index (χ4n) is 2.53. The van der Waals surface area contributed by atoms with Crippen LogP contribution in [0.15, 0.2) is 0 Å². The summed E-state index contributed by atoms with van der Waals surface area (Å²) >= 11 is 0. The molecular weight excluding hydrogens is 291 g/mol. The van der Waals surface area contributed by atoms with Gasteiger partial charge in [-0.3, -0.25) is 9.69 Å². The van der Waals surface area contributed by atoms with Crippen molar-refractivity contribution in [1.29, 1.82) is 0 Å². The number of rotatable bonds is 2. The molecule has 2 fully saturated rings. The molecule has 0 aromatic carbocycles. The first-order valence-corrected chi connectivity index (χ1v) is 6.72. The molecule has 3 amide bonds. The van der Waals surface area contributed by atoms with E-state index in [0.717, 1.165) is 4.90 Å². The van der Waals surface area contributed by atoms with Crippen LogP contribution in [0, 0.1) is 0 Å². The van der Waals surface area contributed by atoms with Crippen molar-refractivity contribution in [2.24, 2.45) is 0 Å². The molecule has 0 saturated carbocycles. The first kappa shape index (κ1) is 15.9. The van der Waals surface area contributed by atoms with Crippen molar-refractivity contribution in [2.75, 3.05) is 40.0 Å². The van der Waals surface area contributed by atoms with E-state index in [9.17, 15) is 22.8 Å². The molecule has 21 heavy (non-hydrogen) atoms. The fourth-order valence-corrected chi connectivity index (χ4v) is 2.53. The lowest BCUT2D eigenvalue weighted by molar-refractivity contribution is -0.157. The van der Waals surface area contributed by atoms with E-state index in [2.05, 4.69) is 0 Å². The van der Waals surface area contributed by atoms with Crippen LogP contribution in [0.25, 0.3) is 0 Å². The highest BCUT2D eigenvalue weighted by Crippen LogP contribution is 2.21. The highest BCUT2D eigenvalue weighted by Gasteiger charge is 2.40. The minimum atomic E-state index is -4.46. The van der Waals surface area contributed by atoms with Gasteiger partial charge in [0.1, 0.15) is 13.1 Å². The van der Waals surface area contributed by atoms with Gasteiger partial charge in [0.2, 0.25) is 5.91 Å². The predicted molar refractivity (Wildman–Crippen MR) is 66.3 cm³/mol. The number of ether oxygens (including phenoxy) is 1. The molecule has 0 atom stereocenters. The van der Waals surface area contributed by atoms with Crippen molar-refractivity contribution < 1.29 is 27.5 Å². The summed E-state index contributed by atoms with van der Waals surface area (Å²) in [6.07, 6.45) is -3.08. The molecule has 2 aliphatic rings. The average molecular weight is 309 g/mol. The molecule has 0 N–H and O–H groups in total. The van der Waals surface area contributed by atoms with Gasteiger partial charge in [0.05, 0.1) is 6.67 Å². The molecule has 2 aliphatic heterocycles. The van der Waals surface area contributed by atoms with E-state index in [1.54, 1.807) is 7.05 Å². The summed E-state index contributed by atoms with van der Waals surface area (Å²) in [4.78, 5) is 27.1. The lowest BCUT2D eigenvalue weighted by Gasteiger charge is -2.33. The van der Waals surface area contributed by atoms with Gasteiger partial charge in [0, 0.05) is 26.3 Å². The van der Waals surface area contributed by atoms with Crippen LogP contribution < -0.4 is 0 Å². The Labute approximate surface area is 120 Å². The SMILES string of the molecule is CN(C(=O)N1CC(=O)N(CC(F)(F)F)C1)C1CCOCC1. The van der Waals surface area contributed by atoms with Gasteiger partial charge in [0.25, 0.3) is 0 Å². The van der Waals surface area contributed by atoms with E-state index in [1.807, 2.05) is 0 Å². The van der Waals surface area contributed by atoms with Crippen molar-refractivity contribution >= 4 is 11.9 Å². The van der Waals surface area contributed by atoms with Crippen molar-refractivity contribution in [3.63, 3.8) is 0 Å². The van der Waals surface area contributed by atoms with Gasteiger partial charge in [-0.25, -0.2) is 4.79 Å². The lowest BCUT2D eigenvalue weighted by atomic mass is 10.1. The number of nitrogens with zero attached hydrogens (tertiary/aromatic N) is 3. The zero-order valence-corrected chi connectivity index (χ0v) is 11.7. The summed E-state index contributed by atoms with van der Waals surface area (Å²) in [5.41, 5.74) is 0. The Hall–Kier alpha value is -1.51. The minimum absolute atomic E-state index is 0.00184. The van der Waals surface area contributed by atoms with Gasteiger partial charge in [-0.05, 0) is 12.8 Å². The first-order chi connectivity index (χ1) is 9.78. The summed E-state index contributed by atoms with van der Waals surface area (Å²) in [5, 5.41) is 0. The smallest absolute Gasteiger partial charge is 0.381 e. The largest absolute Gasteiger partial charge is 0.406 e. The van der Waals surface area contributed by atoms with Gasteiger partial charge < -0.3 is 14.5 Å². The van der Waals surface area contributed by atoms with Crippen LogP contribution in [0.5, 0.6) is 0 Å². The van der Waals surface area contributed by atoms with Crippen LogP contribution in [-0.4, -0.2) is 78.9 Å². The number of urea groups is 1. The second-order valence-corrected chi connectivity index (χ2v) is 5.28. The van der Waals surface area contributed by atoms with Gasteiger partial charge in [-0.15, -0.1) is 0 Å². The number of carbonyl (C=O) groups is 2. The molecule has 120 valence electrons. The van der Waals surface area contributed by atoms with Crippen LogP contribution in [0.3, 0.4) is 0 Å². The van der Waals surface area contributed by atoms with Crippen LogP contribution in [0.4, 0.5) is 18.0 Å². The van der Waals surface area contributed by atoms with E-state index in [0.29, 0.717) is 31.0 Å². The summed E-state index contributed by atoms with van der Waals surface area (Å²) in [7, 11) is 1.61. The molecule has 0 bridgehead atoms. The summed E-state index contributed by atoms with van der Waals surface area (Å²) in [6.45, 7) is -0.827. The first-order valence-electron chi connectivity index (χ1n) is 6.72. The summed E-state index contributed by atoms with van der Waals surface area (Å²) < 4.78 is 42.2. The molecule has 2 heterocycles. The lowest BCUT2D eigenvalue weighted by Crippen LogP contribution is -2.47. The molecule has 2 saturated heterocycles. The predicted octanol–water partition coefficient (Wildman–Crippen LogP) is 0.881. The van der Waals surface area contributed by atoms with Crippen LogP contribution >= 0.6 is 0 Å². The third-order valence-corrected chi connectivity index (χ3v) is 3.70. The topological polar surface area (TPSA) is 53.1 Å². The monoisotopic (exact) mass is 309 g/mol. The van der Waals surface area contributed by atoms with E-state index in [4.69, 9.17) is 4.74 Å². The molecule has 0 radical (unpaired) electrons. The molecule has 9 heteroatoms. The molecule has 6 nitrogen and oxygen atoms in total. The van der Waals surface area contributed by atoms with Crippen molar-refractivity contribution in [3.05, 3.63) is 0 Å². The highest BCUT2D eigenvalue weighted by atomic mass is 19.4. The van der Waals surface area contributed by atoms with Gasteiger partial charge in [-0.2, -0.15) is 13.2 Å². The molecule has 0 unspecified atom stereocenters. The van der Waals surface area contributed by atoms with Crippen LogP contribution in [0.2, 0.25) is 0 Å². The second-order valence-electron chi connectivity index (χ2n) is 5.28. The van der Waals surface area contributed by atoms with Crippen molar-refractivity contribution in [1.82, 2.24) is 14.7 Å². The molecule has 0 aliphatic carbocycles. The van der Waals surface area contributed by atoms with Gasteiger partial charge >= 0.3 is 12.2 Å². The number of hydrogen-bond donors (Lipinski definition) is 0. The zero-order chi connectivity index (χ0) is 15.6. The van der Waals surface area contributed by atoms with E-state index in [1.165, 1.54) is 4.90 Å². The number of hydrogen-bond acceptors (Lipinski definition) is 3. The zero-order valence-electron chi connectivity index (χ0n) is 11.7. The Morgan fingerprint density at radius 1 is 1.38 bits per heavy atom. The molecule has 0 aromatic rings. The van der Waals surface area contributed by atoms with Gasteiger partial charge in [-0.1, -0.05) is 0 Å². The Morgan fingerprint density at radius 3 is 2.57 bits per heavy atom. The van der Waals surface area contributed by atoms with Crippen LogP contribution in [0.1, 0.15) is 12.8 Å². The Morgan fingerprint density at radius 2 is 2.00 bits per heavy atom. The van der Waals surface area contributed by atoms with E-state index >= 15 is 0 Å². The number of carbonyl (C=O) groups excluding carboxylic acids is 2. The minimum Gasteiger partial charge on any atom is -0.381 e. The molecule has 0 spiro atoms. The maximum atomic E-state index is 12.3. The average Bonchev–Trinajstić information content (AvgIpc) is 2.77. The standard InChI is InChI=1S/C12H18F3N3O3/c1-16(9-2-4-21-5-3-9)11(20)17-6-10(19)18(8-17)7-12(13,14)15/h9H,2-8H2,1H3.